The SMILES string of the molecule is O=C(c1ccc([N+](=O)[O-])cc1)N1[C@@H]2CCCCCC[C@@H]21. The maximum atomic E-state index is 12.4. The average Bonchev–Trinajstić information content (AvgIpc) is 3.09. The van der Waals surface area contributed by atoms with E-state index in [0.29, 0.717) is 17.6 Å². The van der Waals surface area contributed by atoms with Crippen molar-refractivity contribution in [3.05, 3.63) is 39.9 Å². The van der Waals surface area contributed by atoms with Gasteiger partial charge < -0.3 is 4.90 Å². The summed E-state index contributed by atoms with van der Waals surface area (Å²) in [4.78, 5) is 24.6. The van der Waals surface area contributed by atoms with Crippen molar-refractivity contribution >= 4 is 11.6 Å². The molecule has 1 heterocycles. The van der Waals surface area contributed by atoms with Gasteiger partial charge >= 0.3 is 0 Å². The van der Waals surface area contributed by atoms with Crippen molar-refractivity contribution < 1.29 is 9.72 Å². The number of nitro benzene ring substituents is 1. The second-order valence-corrected chi connectivity index (χ2v) is 5.64. The van der Waals surface area contributed by atoms with E-state index < -0.39 is 4.92 Å². The van der Waals surface area contributed by atoms with Gasteiger partial charge in [0.25, 0.3) is 11.6 Å². The van der Waals surface area contributed by atoms with Crippen LogP contribution in [0.15, 0.2) is 24.3 Å². The summed E-state index contributed by atoms with van der Waals surface area (Å²) in [5.74, 6) is 0.0248. The van der Waals surface area contributed by atoms with Gasteiger partial charge in [-0.3, -0.25) is 14.9 Å². The standard InChI is InChI=1S/C15H18N2O3/c18-15(11-7-9-12(10-8-11)17(19)20)16-13-5-3-1-2-4-6-14(13)16/h7-10,13-14H,1-6H2/t13-,14+,16?. The van der Waals surface area contributed by atoms with Gasteiger partial charge in [0.05, 0.1) is 17.0 Å². The summed E-state index contributed by atoms with van der Waals surface area (Å²) in [7, 11) is 0. The van der Waals surface area contributed by atoms with Crippen molar-refractivity contribution in [1.29, 1.82) is 0 Å². The van der Waals surface area contributed by atoms with Gasteiger partial charge in [-0.1, -0.05) is 25.7 Å². The summed E-state index contributed by atoms with van der Waals surface area (Å²) < 4.78 is 0. The van der Waals surface area contributed by atoms with Gasteiger partial charge in [-0.05, 0) is 25.0 Å². The van der Waals surface area contributed by atoms with Crippen LogP contribution in [-0.2, 0) is 0 Å². The van der Waals surface area contributed by atoms with Crippen LogP contribution in [0.5, 0.6) is 0 Å². The number of fused-ring (bicyclic) bond motifs is 1. The minimum absolute atomic E-state index is 0.0248. The Labute approximate surface area is 117 Å². The first-order valence-corrected chi connectivity index (χ1v) is 7.25. The van der Waals surface area contributed by atoms with Gasteiger partial charge in [-0.2, -0.15) is 0 Å². The lowest BCUT2D eigenvalue weighted by Crippen LogP contribution is -2.15. The number of hydrogen-bond donors (Lipinski definition) is 0. The molecule has 1 saturated heterocycles. The fourth-order valence-corrected chi connectivity index (χ4v) is 3.23. The Hall–Kier alpha value is -1.91. The fraction of sp³-hybridized carbons (Fsp3) is 0.533. The van der Waals surface area contributed by atoms with Gasteiger partial charge in [-0.25, -0.2) is 0 Å². The molecule has 0 bridgehead atoms. The molecule has 0 spiro atoms. The van der Waals surface area contributed by atoms with Crippen LogP contribution in [0.3, 0.4) is 0 Å². The molecular formula is C15H18N2O3. The lowest BCUT2D eigenvalue weighted by molar-refractivity contribution is -0.384. The number of carbonyl (C=O) groups excluding carboxylic acids is 1. The minimum atomic E-state index is -0.445. The molecule has 1 aliphatic heterocycles. The van der Waals surface area contributed by atoms with Crippen LogP contribution in [0.1, 0.15) is 48.9 Å². The monoisotopic (exact) mass is 274 g/mol. The molecule has 20 heavy (non-hydrogen) atoms. The molecule has 1 amide bonds. The maximum Gasteiger partial charge on any atom is 0.269 e. The minimum Gasteiger partial charge on any atom is -0.329 e. The molecule has 0 radical (unpaired) electrons. The van der Waals surface area contributed by atoms with E-state index in [0.717, 1.165) is 12.8 Å². The molecule has 1 saturated carbocycles. The van der Waals surface area contributed by atoms with Crippen molar-refractivity contribution in [1.82, 2.24) is 4.90 Å². The van der Waals surface area contributed by atoms with E-state index in [9.17, 15) is 14.9 Å². The average molecular weight is 274 g/mol. The van der Waals surface area contributed by atoms with Crippen molar-refractivity contribution in [3.8, 4) is 0 Å². The predicted molar refractivity (Wildman–Crippen MR) is 74.5 cm³/mol. The number of nitro groups is 1. The van der Waals surface area contributed by atoms with Gasteiger partial charge in [0.2, 0.25) is 0 Å². The Morgan fingerprint density at radius 1 is 1.05 bits per heavy atom. The molecule has 3 rings (SSSR count). The molecule has 5 heteroatoms. The molecule has 1 aromatic carbocycles. The van der Waals surface area contributed by atoms with Gasteiger partial charge in [-0.15, -0.1) is 0 Å². The first-order chi connectivity index (χ1) is 9.68. The smallest absolute Gasteiger partial charge is 0.269 e. The topological polar surface area (TPSA) is 63.2 Å². The van der Waals surface area contributed by atoms with Gasteiger partial charge in [0, 0.05) is 17.7 Å². The molecule has 2 aliphatic rings. The quantitative estimate of drug-likeness (QED) is 0.473. The summed E-state index contributed by atoms with van der Waals surface area (Å²) in [6.45, 7) is 0. The number of hydrogen-bond acceptors (Lipinski definition) is 3. The number of carbonyl (C=O) groups is 1. The number of benzene rings is 1. The number of rotatable bonds is 2. The molecule has 2 atom stereocenters. The van der Waals surface area contributed by atoms with Crippen LogP contribution in [0.4, 0.5) is 5.69 Å². The Morgan fingerprint density at radius 2 is 1.60 bits per heavy atom. The number of amides is 1. The first-order valence-electron chi connectivity index (χ1n) is 7.25. The normalized spacial score (nSPS) is 25.3. The van der Waals surface area contributed by atoms with E-state index in [1.165, 1.54) is 37.8 Å². The molecule has 5 nitrogen and oxygen atoms in total. The van der Waals surface area contributed by atoms with Crippen LogP contribution in [0.25, 0.3) is 0 Å². The maximum absolute atomic E-state index is 12.4. The van der Waals surface area contributed by atoms with E-state index >= 15 is 0 Å². The zero-order chi connectivity index (χ0) is 14.1. The first kappa shape index (κ1) is 13.1. The van der Waals surface area contributed by atoms with Crippen LogP contribution in [0, 0.1) is 10.1 Å². The lowest BCUT2D eigenvalue weighted by Gasteiger charge is -2.04. The van der Waals surface area contributed by atoms with E-state index in [-0.39, 0.29) is 11.6 Å². The third-order valence-corrected chi connectivity index (χ3v) is 4.38. The van der Waals surface area contributed by atoms with Crippen molar-refractivity contribution in [2.45, 2.75) is 50.6 Å². The highest BCUT2D eigenvalue weighted by molar-refractivity contribution is 5.96. The molecule has 0 N–H and O–H groups in total. The summed E-state index contributed by atoms with van der Waals surface area (Å²) in [6, 6.07) is 6.73. The third kappa shape index (κ3) is 2.40. The Morgan fingerprint density at radius 3 is 2.10 bits per heavy atom. The summed E-state index contributed by atoms with van der Waals surface area (Å²) in [6.07, 6.45) is 7.13. The Kier molecular flexibility index (Phi) is 3.42. The fourth-order valence-electron chi connectivity index (χ4n) is 3.23. The highest BCUT2D eigenvalue weighted by Crippen LogP contribution is 2.39. The molecule has 2 fully saturated rings. The summed E-state index contributed by atoms with van der Waals surface area (Å²) in [5, 5.41) is 10.6. The molecule has 106 valence electrons. The van der Waals surface area contributed by atoms with Crippen LogP contribution in [-0.4, -0.2) is 27.8 Å². The number of non-ortho nitro benzene ring substituents is 1. The molecule has 0 aromatic heterocycles. The number of nitrogens with zero attached hydrogens (tertiary/aromatic N) is 2. The van der Waals surface area contributed by atoms with Crippen LogP contribution >= 0.6 is 0 Å². The van der Waals surface area contributed by atoms with Crippen LogP contribution < -0.4 is 0 Å². The van der Waals surface area contributed by atoms with Crippen molar-refractivity contribution in [3.63, 3.8) is 0 Å². The Bertz CT molecular complexity index is 512. The molecule has 1 aliphatic carbocycles. The zero-order valence-corrected chi connectivity index (χ0v) is 11.3. The van der Waals surface area contributed by atoms with E-state index in [4.69, 9.17) is 0 Å². The van der Waals surface area contributed by atoms with E-state index in [2.05, 4.69) is 0 Å². The van der Waals surface area contributed by atoms with E-state index in [1.807, 2.05) is 4.90 Å². The van der Waals surface area contributed by atoms with Gasteiger partial charge in [0.1, 0.15) is 0 Å². The van der Waals surface area contributed by atoms with Crippen molar-refractivity contribution in [2.24, 2.45) is 0 Å². The molecule has 1 aromatic rings. The Balaban J connectivity index is 1.71. The van der Waals surface area contributed by atoms with Crippen LogP contribution in [0.2, 0.25) is 0 Å². The molecule has 0 unspecified atom stereocenters. The van der Waals surface area contributed by atoms with Gasteiger partial charge in [0.15, 0.2) is 0 Å². The zero-order valence-electron chi connectivity index (χ0n) is 11.3. The lowest BCUT2D eigenvalue weighted by atomic mass is 10.0. The highest BCUT2D eigenvalue weighted by Gasteiger charge is 2.49. The second-order valence-electron chi connectivity index (χ2n) is 5.64. The summed E-state index contributed by atoms with van der Waals surface area (Å²) in [5.41, 5.74) is 0.584. The molecular weight excluding hydrogens is 256 g/mol. The second kappa shape index (κ2) is 5.23. The van der Waals surface area contributed by atoms with E-state index in [1.54, 1.807) is 12.1 Å². The van der Waals surface area contributed by atoms with Crippen molar-refractivity contribution in [2.75, 3.05) is 0 Å². The largest absolute Gasteiger partial charge is 0.329 e. The summed E-state index contributed by atoms with van der Waals surface area (Å²) >= 11 is 0. The third-order valence-electron chi connectivity index (χ3n) is 4.38. The predicted octanol–water partition coefficient (Wildman–Crippen LogP) is 3.14. The highest BCUT2D eigenvalue weighted by atomic mass is 16.6.